The average Bonchev–Trinajstić information content (AvgIpc) is 3.02. The maximum atomic E-state index is 13.0. The number of rotatable bonds is 18. The Morgan fingerprint density at radius 3 is 1.16 bits per heavy atom. The highest BCUT2D eigenvalue weighted by Crippen LogP contribution is 2.39. The van der Waals surface area contributed by atoms with Gasteiger partial charge in [0.05, 0.1) is 56.1 Å². The summed E-state index contributed by atoms with van der Waals surface area (Å²) >= 11 is 11.8. The van der Waals surface area contributed by atoms with Crippen molar-refractivity contribution in [2.45, 2.75) is 26.9 Å². The predicted molar refractivity (Wildman–Crippen MR) is 237 cm³/mol. The number of hydrogen-bond donors (Lipinski definition) is 4. The smallest absolute Gasteiger partial charge is 0.337 e. The molecule has 0 unspecified atom stereocenters. The summed E-state index contributed by atoms with van der Waals surface area (Å²) in [5.74, 6) is -3.70. The maximum absolute atomic E-state index is 13.0. The summed E-state index contributed by atoms with van der Waals surface area (Å²) in [7, 11) is 3.04. The van der Waals surface area contributed by atoms with Crippen LogP contribution in [0.15, 0.2) is 0 Å². The molecule has 0 aromatic heterocycles. The summed E-state index contributed by atoms with van der Waals surface area (Å²) in [4.78, 5) is 75.8. The fourth-order valence-electron chi connectivity index (χ4n) is 4.20. The fourth-order valence-corrected chi connectivity index (χ4v) is 13.7. The minimum atomic E-state index is -1.15. The number of amides is 4. The molecule has 0 fully saturated rings. The van der Waals surface area contributed by atoms with Gasteiger partial charge in [0.1, 0.15) is 13.2 Å². The van der Waals surface area contributed by atoms with Gasteiger partial charge >= 0.3 is 11.9 Å². The molecule has 280 valence electrons. The fraction of sp³-hybridized carbons (Fsp3) is 0.400. The maximum Gasteiger partial charge on any atom is 0.337 e. The molecular weight excluding hydrogens is 1350 g/mol. The Hall–Kier alpha value is -0.480. The van der Waals surface area contributed by atoms with Crippen LogP contribution >= 0.6 is 136 Å². The lowest BCUT2D eigenvalue weighted by atomic mass is 10.1. The standard InChI is InChI=1S/C30H32I6N4O11/c1-13(41)37-9-15-21(31)19(29(45)46)25(35)27(23(15)33)39(3)17(43)11-50-7-5-49-6-8-51-12-18(44)40(4)28-24(34)16(10-38-14(2)42)22(32)20(26(28)36)30(47)48/h5-12H2,1-4H3,(H,37,41)(H,38,42)(H,45,46)(H,47,48). The molecule has 0 atom stereocenters. The molecule has 2 aromatic rings. The van der Waals surface area contributed by atoms with Gasteiger partial charge in [0.15, 0.2) is 0 Å². The van der Waals surface area contributed by atoms with E-state index in [1.54, 1.807) is 0 Å². The third-order valence-electron chi connectivity index (χ3n) is 6.84. The van der Waals surface area contributed by atoms with Gasteiger partial charge in [-0.1, -0.05) is 0 Å². The van der Waals surface area contributed by atoms with Crippen molar-refractivity contribution in [1.82, 2.24) is 10.6 Å². The van der Waals surface area contributed by atoms with Crippen LogP contribution in [0.5, 0.6) is 0 Å². The number of carbonyl (C=O) groups excluding carboxylic acids is 4. The molecule has 0 aliphatic rings. The molecule has 0 heterocycles. The van der Waals surface area contributed by atoms with E-state index in [1.165, 1.54) is 37.7 Å². The third kappa shape index (κ3) is 12.8. The number of nitrogens with zero attached hydrogens (tertiary/aromatic N) is 2. The molecule has 4 N–H and O–H groups in total. The summed E-state index contributed by atoms with van der Waals surface area (Å²) < 4.78 is 19.4. The third-order valence-corrected chi connectivity index (χ3v) is 13.6. The lowest BCUT2D eigenvalue weighted by molar-refractivity contribution is -0.124. The van der Waals surface area contributed by atoms with Gasteiger partial charge in [-0.15, -0.1) is 0 Å². The van der Waals surface area contributed by atoms with E-state index >= 15 is 0 Å². The number of anilines is 2. The number of benzene rings is 2. The van der Waals surface area contributed by atoms with Crippen LogP contribution in [-0.2, 0) is 46.5 Å². The Kier molecular flexibility index (Phi) is 20.3. The molecule has 0 spiro atoms. The Bertz CT molecular complexity index is 1590. The van der Waals surface area contributed by atoms with Crippen molar-refractivity contribution >= 4 is 182 Å². The van der Waals surface area contributed by atoms with Crippen LogP contribution in [0.4, 0.5) is 11.4 Å². The number of hydrogen-bond acceptors (Lipinski definition) is 9. The Morgan fingerprint density at radius 1 is 0.549 bits per heavy atom. The zero-order chi connectivity index (χ0) is 38.7. The van der Waals surface area contributed by atoms with E-state index in [1.807, 2.05) is 136 Å². The summed E-state index contributed by atoms with van der Waals surface area (Å²) in [6, 6.07) is 0. The Balaban J connectivity index is 1.91. The molecule has 21 heteroatoms. The Labute approximate surface area is 375 Å². The quantitative estimate of drug-likeness (QED) is 0.120. The number of carboxylic acid groups (broad SMARTS) is 2. The van der Waals surface area contributed by atoms with Gasteiger partial charge in [0.2, 0.25) is 11.8 Å². The predicted octanol–water partition coefficient (Wildman–Crippen LogP) is 4.66. The molecular formula is C30H32I6N4O11. The van der Waals surface area contributed by atoms with Gasteiger partial charge in [0.25, 0.3) is 11.8 Å². The first-order valence-electron chi connectivity index (χ1n) is 14.4. The van der Waals surface area contributed by atoms with E-state index in [2.05, 4.69) is 10.6 Å². The summed E-state index contributed by atoms with van der Waals surface area (Å²) in [6.45, 7) is 2.73. The second-order valence-corrected chi connectivity index (χ2v) is 16.8. The molecule has 0 radical (unpaired) electrons. The van der Waals surface area contributed by atoms with E-state index in [4.69, 9.17) is 14.2 Å². The number of nitrogens with one attached hydrogen (secondary N) is 2. The average molecular weight is 1390 g/mol. The monoisotopic (exact) mass is 1390 g/mol. The van der Waals surface area contributed by atoms with Crippen LogP contribution in [-0.4, -0.2) is 99.5 Å². The summed E-state index contributed by atoms with van der Waals surface area (Å²) in [6.07, 6.45) is 0. The van der Waals surface area contributed by atoms with Crippen LogP contribution in [0.25, 0.3) is 0 Å². The van der Waals surface area contributed by atoms with Gasteiger partial charge in [0, 0.05) is 66.4 Å². The zero-order valence-corrected chi connectivity index (χ0v) is 40.3. The van der Waals surface area contributed by atoms with Gasteiger partial charge in [-0.05, 0) is 136 Å². The first-order chi connectivity index (χ1) is 23.8. The molecule has 0 saturated carbocycles. The highest BCUT2D eigenvalue weighted by Gasteiger charge is 2.29. The molecule has 2 rings (SSSR count). The second-order valence-electron chi connectivity index (χ2n) is 10.3. The number of ether oxygens (including phenoxy) is 3. The van der Waals surface area contributed by atoms with E-state index < -0.39 is 23.8 Å². The highest BCUT2D eigenvalue weighted by molar-refractivity contribution is 14.1. The number of carboxylic acids is 2. The van der Waals surface area contributed by atoms with Crippen molar-refractivity contribution in [3.05, 3.63) is 43.7 Å². The van der Waals surface area contributed by atoms with Gasteiger partial charge < -0.3 is 44.9 Å². The first kappa shape index (κ1) is 46.7. The largest absolute Gasteiger partial charge is 0.478 e. The summed E-state index contributed by atoms with van der Waals surface area (Å²) in [5, 5.41) is 25.1. The van der Waals surface area contributed by atoms with Crippen molar-refractivity contribution in [2.75, 3.05) is 63.5 Å². The van der Waals surface area contributed by atoms with Crippen LogP contribution in [0.1, 0.15) is 45.7 Å². The highest BCUT2D eigenvalue weighted by atomic mass is 127. The SMILES string of the molecule is CC(=O)NCc1c(I)c(C(=O)O)c(I)c(N(C)C(=O)COCCOCCOCC(=O)N(C)c2c(I)c(CNC(C)=O)c(I)c(C(=O)O)c2I)c1I. The van der Waals surface area contributed by atoms with Crippen LogP contribution in [0, 0.1) is 21.4 Å². The van der Waals surface area contributed by atoms with Crippen molar-refractivity contribution in [3.63, 3.8) is 0 Å². The topological polar surface area (TPSA) is 201 Å². The molecule has 0 aliphatic heterocycles. The molecule has 4 amide bonds. The Morgan fingerprint density at radius 2 is 0.863 bits per heavy atom. The molecule has 2 aromatic carbocycles. The van der Waals surface area contributed by atoms with Crippen molar-refractivity contribution < 1.29 is 53.2 Å². The number of aromatic carboxylic acids is 2. The zero-order valence-electron chi connectivity index (χ0n) is 27.4. The van der Waals surface area contributed by atoms with Gasteiger partial charge in [-0.3, -0.25) is 19.2 Å². The minimum Gasteiger partial charge on any atom is -0.478 e. The van der Waals surface area contributed by atoms with Crippen LogP contribution in [0.3, 0.4) is 0 Å². The first-order valence-corrected chi connectivity index (χ1v) is 20.9. The molecule has 15 nitrogen and oxygen atoms in total. The molecule has 0 saturated heterocycles. The second kappa shape index (κ2) is 22.2. The van der Waals surface area contributed by atoms with Crippen LogP contribution < -0.4 is 20.4 Å². The van der Waals surface area contributed by atoms with E-state index in [0.29, 0.717) is 43.9 Å². The van der Waals surface area contributed by atoms with E-state index in [0.717, 1.165) is 0 Å². The van der Waals surface area contributed by atoms with E-state index in [-0.39, 0.29) is 75.7 Å². The van der Waals surface area contributed by atoms with Gasteiger partial charge in [-0.25, -0.2) is 9.59 Å². The number of halogens is 6. The molecule has 51 heavy (non-hydrogen) atoms. The normalized spacial score (nSPS) is 10.9. The number of likely N-dealkylation sites (N-methyl/N-ethyl adjacent to an activating group) is 2. The molecule has 0 bridgehead atoms. The minimum absolute atomic E-state index is 0.0380. The number of carbonyl (C=O) groups is 6. The van der Waals surface area contributed by atoms with Crippen LogP contribution in [0.2, 0.25) is 0 Å². The van der Waals surface area contributed by atoms with Gasteiger partial charge in [-0.2, -0.15) is 0 Å². The lowest BCUT2D eigenvalue weighted by Crippen LogP contribution is -2.33. The van der Waals surface area contributed by atoms with Crippen molar-refractivity contribution in [2.24, 2.45) is 0 Å². The van der Waals surface area contributed by atoms with Crippen molar-refractivity contribution in [1.29, 1.82) is 0 Å². The molecule has 0 aliphatic carbocycles. The van der Waals surface area contributed by atoms with E-state index in [9.17, 15) is 39.0 Å². The van der Waals surface area contributed by atoms with Crippen molar-refractivity contribution in [3.8, 4) is 0 Å². The summed E-state index contributed by atoms with van der Waals surface area (Å²) in [5.41, 5.74) is 2.05. The lowest BCUT2D eigenvalue weighted by Gasteiger charge is -2.25.